The van der Waals surface area contributed by atoms with Gasteiger partial charge < -0.3 is 10.1 Å². The molecule has 18 heavy (non-hydrogen) atoms. The summed E-state index contributed by atoms with van der Waals surface area (Å²) in [5, 5.41) is 9.65. The Labute approximate surface area is 119 Å². The van der Waals surface area contributed by atoms with Gasteiger partial charge >= 0.3 is 0 Å². The third-order valence-corrected chi connectivity index (χ3v) is 4.55. The Morgan fingerprint density at radius 3 is 2.89 bits per heavy atom. The molecule has 1 heterocycles. The van der Waals surface area contributed by atoms with Gasteiger partial charge in [-0.1, -0.05) is 25.5 Å². The molecule has 0 atom stereocenters. The Morgan fingerprint density at radius 2 is 2.17 bits per heavy atom. The first-order chi connectivity index (χ1) is 8.70. The van der Waals surface area contributed by atoms with Crippen LogP contribution in [-0.4, -0.2) is 15.1 Å². The second-order valence-corrected chi connectivity index (χ2v) is 5.83. The number of thioether (sulfide) groups is 1. The van der Waals surface area contributed by atoms with E-state index in [0.717, 1.165) is 34.6 Å². The van der Waals surface area contributed by atoms with Gasteiger partial charge in [0.25, 0.3) is 0 Å². The second-order valence-electron chi connectivity index (χ2n) is 3.95. The molecule has 0 amide bonds. The van der Waals surface area contributed by atoms with Gasteiger partial charge in [-0.2, -0.15) is 4.98 Å². The van der Waals surface area contributed by atoms with E-state index in [1.54, 1.807) is 11.8 Å². The Hall–Kier alpha value is -0.940. The van der Waals surface area contributed by atoms with Gasteiger partial charge in [0.05, 0.1) is 11.4 Å². The predicted molar refractivity (Wildman–Crippen MR) is 78.0 cm³/mol. The van der Waals surface area contributed by atoms with E-state index in [9.17, 15) is 5.11 Å². The zero-order valence-electron chi connectivity index (χ0n) is 10.1. The zero-order valence-corrected chi connectivity index (χ0v) is 12.5. The summed E-state index contributed by atoms with van der Waals surface area (Å²) >= 11 is 5.20. The van der Waals surface area contributed by atoms with Gasteiger partial charge in [0.1, 0.15) is 5.82 Å². The Kier molecular flexibility index (Phi) is 4.72. The van der Waals surface area contributed by atoms with Crippen LogP contribution in [0.15, 0.2) is 33.6 Å². The highest BCUT2D eigenvalue weighted by Gasteiger charge is 2.09. The van der Waals surface area contributed by atoms with E-state index >= 15 is 0 Å². The number of halogens is 1. The molecule has 1 aromatic carbocycles. The van der Waals surface area contributed by atoms with E-state index in [1.807, 2.05) is 18.2 Å². The average molecular weight is 327 g/mol. The Bertz CT molecular complexity index is 527. The number of rotatable bonds is 5. The van der Waals surface area contributed by atoms with Crippen LogP contribution in [0.3, 0.4) is 0 Å². The van der Waals surface area contributed by atoms with Gasteiger partial charge in [0, 0.05) is 9.37 Å². The topological polar surface area (TPSA) is 48.9 Å². The molecule has 0 unspecified atom stereocenters. The number of benzene rings is 1. The lowest BCUT2D eigenvalue weighted by atomic mass is 10.3. The van der Waals surface area contributed by atoms with Crippen molar-refractivity contribution in [3.63, 3.8) is 0 Å². The van der Waals surface area contributed by atoms with E-state index in [-0.39, 0.29) is 5.88 Å². The molecule has 0 spiro atoms. The summed E-state index contributed by atoms with van der Waals surface area (Å²) in [4.78, 5) is 8.48. The van der Waals surface area contributed by atoms with Gasteiger partial charge in [-0.25, -0.2) is 0 Å². The highest BCUT2D eigenvalue weighted by Crippen LogP contribution is 2.29. The molecule has 0 bridgehead atoms. The molecule has 2 rings (SSSR count). The van der Waals surface area contributed by atoms with E-state index in [4.69, 9.17) is 0 Å². The van der Waals surface area contributed by atoms with Crippen LogP contribution in [0.2, 0.25) is 0 Å². The highest BCUT2D eigenvalue weighted by molar-refractivity contribution is 9.10. The largest absolute Gasteiger partial charge is 0.492 e. The number of hydrogen-bond acceptors (Lipinski definition) is 3. The Balaban J connectivity index is 2.02. The standard InChI is InChI=1S/C13H15BrN2OS/c1-2-5-10-13(17)16-12(15-10)8-18-11-7-4-3-6-9(11)14/h3-4,6-7,17H,2,5,8H2,1H3,(H,15,16). The van der Waals surface area contributed by atoms with E-state index < -0.39 is 0 Å². The number of H-pyrrole nitrogens is 1. The first-order valence-corrected chi connectivity index (χ1v) is 7.62. The summed E-state index contributed by atoms with van der Waals surface area (Å²) < 4.78 is 1.08. The van der Waals surface area contributed by atoms with Gasteiger partial charge in [0.2, 0.25) is 5.88 Å². The van der Waals surface area contributed by atoms with Crippen LogP contribution in [0.1, 0.15) is 24.9 Å². The molecule has 0 fully saturated rings. The van der Waals surface area contributed by atoms with E-state index in [0.29, 0.717) is 0 Å². The summed E-state index contributed by atoms with van der Waals surface area (Å²) in [6, 6.07) is 8.08. The molecule has 0 radical (unpaired) electrons. The van der Waals surface area contributed by atoms with Crippen molar-refractivity contribution in [3.8, 4) is 5.88 Å². The number of aromatic amines is 1. The number of nitrogens with zero attached hydrogens (tertiary/aromatic N) is 1. The van der Waals surface area contributed by atoms with Crippen LogP contribution in [0.4, 0.5) is 0 Å². The molecule has 96 valence electrons. The van der Waals surface area contributed by atoms with E-state index in [2.05, 4.69) is 38.9 Å². The fourth-order valence-corrected chi connectivity index (χ4v) is 3.09. The quantitative estimate of drug-likeness (QED) is 0.812. The molecule has 2 aromatic rings. The van der Waals surface area contributed by atoms with Crippen molar-refractivity contribution in [1.82, 2.24) is 9.97 Å². The molecule has 0 aliphatic rings. The van der Waals surface area contributed by atoms with Gasteiger partial charge in [-0.3, -0.25) is 0 Å². The lowest BCUT2D eigenvalue weighted by Crippen LogP contribution is -1.86. The van der Waals surface area contributed by atoms with Crippen LogP contribution >= 0.6 is 27.7 Å². The molecular weight excluding hydrogens is 312 g/mol. The number of imidazole rings is 1. The van der Waals surface area contributed by atoms with Crippen molar-refractivity contribution in [1.29, 1.82) is 0 Å². The molecule has 3 nitrogen and oxygen atoms in total. The fourth-order valence-electron chi connectivity index (χ4n) is 1.65. The smallest absolute Gasteiger partial charge is 0.232 e. The van der Waals surface area contributed by atoms with Gasteiger partial charge in [-0.05, 0) is 34.5 Å². The minimum absolute atomic E-state index is 0.138. The molecular formula is C13H15BrN2OS. The third kappa shape index (κ3) is 3.29. The van der Waals surface area contributed by atoms with Crippen LogP contribution in [0, 0.1) is 0 Å². The van der Waals surface area contributed by atoms with Gasteiger partial charge in [-0.15, -0.1) is 11.8 Å². The molecule has 0 aliphatic carbocycles. The molecule has 2 N–H and O–H groups in total. The maximum atomic E-state index is 9.65. The molecule has 5 heteroatoms. The van der Waals surface area contributed by atoms with Crippen LogP contribution in [0.5, 0.6) is 5.88 Å². The van der Waals surface area contributed by atoms with Crippen molar-refractivity contribution >= 4 is 27.7 Å². The van der Waals surface area contributed by atoms with Crippen LogP contribution in [0.25, 0.3) is 0 Å². The lowest BCUT2D eigenvalue weighted by Gasteiger charge is -2.01. The molecule has 0 saturated heterocycles. The summed E-state index contributed by atoms with van der Waals surface area (Å²) in [6.45, 7) is 2.08. The van der Waals surface area contributed by atoms with Crippen molar-refractivity contribution in [2.45, 2.75) is 30.4 Å². The molecule has 0 aliphatic heterocycles. The highest BCUT2D eigenvalue weighted by atomic mass is 79.9. The van der Waals surface area contributed by atoms with Crippen molar-refractivity contribution in [2.75, 3.05) is 0 Å². The number of hydrogen-bond donors (Lipinski definition) is 2. The maximum Gasteiger partial charge on any atom is 0.232 e. The third-order valence-electron chi connectivity index (χ3n) is 2.51. The van der Waals surface area contributed by atoms with Crippen LogP contribution < -0.4 is 0 Å². The molecule has 1 aromatic heterocycles. The first kappa shape index (κ1) is 13.5. The minimum atomic E-state index is 0.138. The summed E-state index contributed by atoms with van der Waals surface area (Å²) in [5.41, 5.74) is 0.834. The van der Waals surface area contributed by atoms with Crippen molar-refractivity contribution in [3.05, 3.63) is 40.3 Å². The van der Waals surface area contributed by atoms with Crippen molar-refractivity contribution < 1.29 is 5.11 Å². The normalized spacial score (nSPS) is 10.8. The second kappa shape index (κ2) is 6.29. The Morgan fingerprint density at radius 1 is 1.39 bits per heavy atom. The van der Waals surface area contributed by atoms with E-state index in [1.165, 1.54) is 4.90 Å². The first-order valence-electron chi connectivity index (χ1n) is 5.84. The minimum Gasteiger partial charge on any atom is -0.492 e. The number of aromatic nitrogens is 2. The molecule has 0 saturated carbocycles. The summed E-state index contributed by atoms with van der Waals surface area (Å²) in [5.74, 6) is 1.68. The van der Waals surface area contributed by atoms with Crippen molar-refractivity contribution in [2.24, 2.45) is 0 Å². The van der Waals surface area contributed by atoms with Gasteiger partial charge in [0.15, 0.2) is 0 Å². The fraction of sp³-hybridized carbons (Fsp3) is 0.308. The zero-order chi connectivity index (χ0) is 13.0. The number of aromatic hydroxyl groups is 1. The number of aryl methyl sites for hydroxylation is 1. The summed E-state index contributed by atoms with van der Waals surface area (Å²) in [7, 11) is 0. The maximum absolute atomic E-state index is 9.65. The van der Waals surface area contributed by atoms with Crippen LogP contribution in [-0.2, 0) is 12.2 Å². The lowest BCUT2D eigenvalue weighted by molar-refractivity contribution is 0.448. The monoisotopic (exact) mass is 326 g/mol. The SMILES string of the molecule is CCCc1[nH]c(CSc2ccccc2Br)nc1O. The number of nitrogens with one attached hydrogen (secondary N) is 1. The summed E-state index contributed by atoms with van der Waals surface area (Å²) in [6.07, 6.45) is 1.82. The average Bonchev–Trinajstić information content (AvgIpc) is 2.70. The predicted octanol–water partition coefficient (Wildman–Crippen LogP) is 4.12.